The second-order valence-electron chi connectivity index (χ2n) is 9.63. The molecule has 0 fully saturated rings. The molecule has 4 rings (SSSR count). The van der Waals surface area contributed by atoms with Crippen LogP contribution in [0, 0.1) is 0 Å². The molecule has 1 heterocycles. The van der Waals surface area contributed by atoms with Crippen molar-refractivity contribution in [1.29, 1.82) is 0 Å². The monoisotopic (exact) mass is 693 g/mol. The summed E-state index contributed by atoms with van der Waals surface area (Å²) in [7, 11) is 4.50. The molecule has 0 aliphatic heterocycles. The average Bonchev–Trinajstić information content (AvgIpc) is 3.53. The van der Waals surface area contributed by atoms with Crippen LogP contribution in [0.25, 0.3) is 6.08 Å². The molecule has 1 aromatic heterocycles. The highest BCUT2D eigenvalue weighted by Gasteiger charge is 2.21. The van der Waals surface area contributed by atoms with Gasteiger partial charge in [0.1, 0.15) is 11.4 Å². The molecule has 3 amide bonds. The molecule has 0 bridgehead atoms. The molecule has 0 aliphatic carbocycles. The lowest BCUT2D eigenvalue weighted by Gasteiger charge is -2.16. The highest BCUT2D eigenvalue weighted by atomic mass is 32.2. The van der Waals surface area contributed by atoms with Crippen LogP contribution in [0.2, 0.25) is 0 Å². The maximum absolute atomic E-state index is 13.7. The lowest BCUT2D eigenvalue weighted by molar-refractivity contribution is -0.116. The van der Waals surface area contributed by atoms with Gasteiger partial charge in [0.15, 0.2) is 11.5 Å². The molecule has 4 aromatic rings. The number of carbonyl (C=O) groups is 3. The molecule has 0 radical (unpaired) electrons. The largest absolute Gasteiger partial charge is 0.496 e. The number of carbonyl (C=O) groups excluding carboxylic acids is 3. The van der Waals surface area contributed by atoms with Gasteiger partial charge in [0.25, 0.3) is 11.8 Å². The highest BCUT2D eigenvalue weighted by molar-refractivity contribution is 8.00. The molecule has 246 valence electrons. The number of nitrogens with one attached hydrogen (secondary N) is 3. The van der Waals surface area contributed by atoms with Crippen molar-refractivity contribution in [3.8, 4) is 17.2 Å². The number of hydrogen-bond donors (Lipinski definition) is 3. The molecule has 11 nitrogen and oxygen atoms in total. The summed E-state index contributed by atoms with van der Waals surface area (Å²) in [6, 6.07) is 19.0. The number of thioether (sulfide) groups is 2. The number of nitrogens with zero attached hydrogens (tertiary/aromatic N) is 2. The first kappa shape index (κ1) is 35.3. The molecule has 1 atom stereocenters. The van der Waals surface area contributed by atoms with Gasteiger partial charge >= 0.3 is 0 Å². The normalized spacial score (nSPS) is 11.7. The number of benzene rings is 3. The van der Waals surface area contributed by atoms with E-state index < -0.39 is 17.1 Å². The van der Waals surface area contributed by atoms with Gasteiger partial charge < -0.3 is 24.8 Å². The quantitative estimate of drug-likeness (QED) is 0.0922. The summed E-state index contributed by atoms with van der Waals surface area (Å²) in [4.78, 5) is 45.1. The summed E-state index contributed by atoms with van der Waals surface area (Å²) in [5.74, 6) is 0.869. The van der Waals surface area contributed by atoms with Gasteiger partial charge in [-0.15, -0.1) is 11.8 Å². The Balaban J connectivity index is 1.57. The molecule has 14 heteroatoms. The highest BCUT2D eigenvalue weighted by Crippen LogP contribution is 2.36. The van der Waals surface area contributed by atoms with Crippen LogP contribution in [0.4, 0.5) is 10.8 Å². The lowest BCUT2D eigenvalue weighted by atomic mass is 10.1. The zero-order chi connectivity index (χ0) is 33.8. The number of rotatable bonds is 15. The average molecular weight is 694 g/mol. The number of ether oxygens (including phenoxy) is 3. The van der Waals surface area contributed by atoms with E-state index in [2.05, 4.69) is 25.3 Å². The van der Waals surface area contributed by atoms with E-state index in [1.807, 2.05) is 19.9 Å². The van der Waals surface area contributed by atoms with Crippen LogP contribution >= 0.6 is 35.1 Å². The number of anilines is 2. The minimum absolute atomic E-state index is 0.0362. The van der Waals surface area contributed by atoms with Crippen LogP contribution in [0.3, 0.4) is 0 Å². The van der Waals surface area contributed by atoms with Gasteiger partial charge in [-0.2, -0.15) is 9.36 Å². The Morgan fingerprint density at radius 2 is 1.62 bits per heavy atom. The van der Waals surface area contributed by atoms with Crippen LogP contribution in [0.15, 0.2) is 82.5 Å². The maximum Gasteiger partial charge on any atom is 0.272 e. The molecule has 0 saturated carbocycles. The van der Waals surface area contributed by atoms with E-state index in [-0.39, 0.29) is 11.6 Å². The third kappa shape index (κ3) is 9.73. The molecule has 0 saturated heterocycles. The second kappa shape index (κ2) is 17.4. The van der Waals surface area contributed by atoms with Crippen LogP contribution in [0.1, 0.15) is 36.2 Å². The fourth-order valence-corrected chi connectivity index (χ4v) is 6.52. The topological polar surface area (TPSA) is 141 Å². The van der Waals surface area contributed by atoms with E-state index in [4.69, 9.17) is 14.2 Å². The van der Waals surface area contributed by atoms with Crippen molar-refractivity contribution in [3.05, 3.63) is 83.6 Å². The van der Waals surface area contributed by atoms with Crippen molar-refractivity contribution in [1.82, 2.24) is 14.7 Å². The summed E-state index contributed by atoms with van der Waals surface area (Å²) in [6.45, 7) is 3.94. The standard InChI is InChI=1S/C33H35N5O6S3/c1-6-28(31(41)36-32-37-33(38-47-32)45-7-2)46-23-15-11-14-22(18-23)34-30(40)24(35-29(39)20-12-9-8-10-13-20)16-21-17-26(43-4)27(44-5)19-25(21)42-3/h8-19,28H,6-7H2,1-5H3,(H,34,40)(H,35,39)(H,36,37,38,41)/b24-16+. The predicted molar refractivity (Wildman–Crippen MR) is 188 cm³/mol. The number of hydrogen-bond acceptors (Lipinski definition) is 11. The molecule has 1 unspecified atom stereocenters. The molecule has 47 heavy (non-hydrogen) atoms. The van der Waals surface area contributed by atoms with Gasteiger partial charge in [0.05, 0.1) is 26.6 Å². The first-order chi connectivity index (χ1) is 22.8. The maximum atomic E-state index is 13.7. The van der Waals surface area contributed by atoms with Crippen molar-refractivity contribution in [2.75, 3.05) is 37.7 Å². The third-order valence-electron chi connectivity index (χ3n) is 6.51. The van der Waals surface area contributed by atoms with Crippen molar-refractivity contribution >= 4 is 69.7 Å². The van der Waals surface area contributed by atoms with E-state index in [0.717, 1.165) is 22.2 Å². The lowest BCUT2D eigenvalue weighted by Crippen LogP contribution is -2.30. The van der Waals surface area contributed by atoms with E-state index in [1.165, 1.54) is 50.9 Å². The number of methoxy groups -OCH3 is 3. The minimum atomic E-state index is -0.574. The Bertz CT molecular complexity index is 1730. The SMILES string of the molecule is CCSc1nsc(NC(=O)C(CC)Sc2cccc(NC(=O)/C(=C\c3cc(OC)c(OC)cc3OC)NC(=O)c3ccccc3)c2)n1. The summed E-state index contributed by atoms with van der Waals surface area (Å²) in [5, 5.41) is 9.14. The van der Waals surface area contributed by atoms with Gasteiger partial charge in [-0.1, -0.05) is 49.9 Å². The van der Waals surface area contributed by atoms with E-state index in [0.29, 0.717) is 50.8 Å². The van der Waals surface area contributed by atoms with Gasteiger partial charge in [-0.25, -0.2) is 0 Å². The van der Waals surface area contributed by atoms with Crippen LogP contribution in [-0.4, -0.2) is 59.4 Å². The second-order valence-corrected chi connectivity index (χ2v) is 12.9. The Hall–Kier alpha value is -4.53. The van der Waals surface area contributed by atoms with Crippen LogP contribution in [-0.2, 0) is 9.59 Å². The Labute approximate surface area is 286 Å². The molecule has 3 N–H and O–H groups in total. The van der Waals surface area contributed by atoms with Crippen molar-refractivity contribution in [3.63, 3.8) is 0 Å². The van der Waals surface area contributed by atoms with Gasteiger partial charge in [-0.3, -0.25) is 19.7 Å². The number of amides is 3. The molecule has 0 spiro atoms. The van der Waals surface area contributed by atoms with E-state index >= 15 is 0 Å². The molecular formula is C33H35N5O6S3. The van der Waals surface area contributed by atoms with Crippen LogP contribution in [0.5, 0.6) is 17.2 Å². The Morgan fingerprint density at radius 3 is 2.30 bits per heavy atom. The third-order valence-corrected chi connectivity index (χ3v) is 9.34. The van der Waals surface area contributed by atoms with Crippen molar-refractivity contribution in [2.24, 2.45) is 0 Å². The van der Waals surface area contributed by atoms with E-state index in [9.17, 15) is 14.4 Å². The first-order valence-corrected chi connectivity index (χ1v) is 17.2. The van der Waals surface area contributed by atoms with Gasteiger partial charge in [0, 0.05) is 39.3 Å². The minimum Gasteiger partial charge on any atom is -0.496 e. The van der Waals surface area contributed by atoms with E-state index in [1.54, 1.807) is 60.7 Å². The van der Waals surface area contributed by atoms with Gasteiger partial charge in [0.2, 0.25) is 16.2 Å². The van der Waals surface area contributed by atoms with Gasteiger partial charge in [-0.05, 0) is 54.6 Å². The zero-order valence-electron chi connectivity index (χ0n) is 26.5. The Kier molecular flexibility index (Phi) is 13.1. The van der Waals surface area contributed by atoms with Crippen LogP contribution < -0.4 is 30.2 Å². The summed E-state index contributed by atoms with van der Waals surface area (Å²) < 4.78 is 20.6. The Morgan fingerprint density at radius 1 is 0.894 bits per heavy atom. The fraction of sp³-hybridized carbons (Fsp3) is 0.242. The van der Waals surface area contributed by atoms with Crippen molar-refractivity contribution < 1.29 is 28.6 Å². The zero-order valence-corrected chi connectivity index (χ0v) is 28.9. The fourth-order valence-electron chi connectivity index (χ4n) is 4.23. The molecular weight excluding hydrogens is 659 g/mol. The first-order valence-electron chi connectivity index (χ1n) is 14.5. The summed E-state index contributed by atoms with van der Waals surface area (Å²) >= 11 is 4.02. The molecule has 3 aromatic carbocycles. The smallest absolute Gasteiger partial charge is 0.272 e. The summed E-state index contributed by atoms with van der Waals surface area (Å²) in [6.07, 6.45) is 2.07. The predicted octanol–water partition coefficient (Wildman–Crippen LogP) is 6.59. The van der Waals surface area contributed by atoms with Crippen molar-refractivity contribution in [2.45, 2.75) is 35.6 Å². The number of aromatic nitrogens is 2. The summed E-state index contributed by atoms with van der Waals surface area (Å²) in [5.41, 5.74) is 1.29. The molecule has 0 aliphatic rings.